The van der Waals surface area contributed by atoms with Crippen molar-refractivity contribution in [1.82, 2.24) is 0 Å². The average Bonchev–Trinajstić information content (AvgIpc) is 3.22. The molecule has 0 bridgehead atoms. The highest BCUT2D eigenvalue weighted by Crippen LogP contribution is 2.42. The molecule has 3 aromatic rings. The molecule has 114 valence electrons. The molecule has 0 saturated heterocycles. The first-order valence-electron chi connectivity index (χ1n) is 7.39. The summed E-state index contributed by atoms with van der Waals surface area (Å²) in [6.07, 6.45) is 1.56. The van der Waals surface area contributed by atoms with Crippen LogP contribution in [0, 0.1) is 0 Å². The van der Waals surface area contributed by atoms with Crippen molar-refractivity contribution in [3.05, 3.63) is 53.8 Å². The van der Waals surface area contributed by atoms with Crippen LogP contribution in [0.5, 0.6) is 17.2 Å². The van der Waals surface area contributed by atoms with Gasteiger partial charge in [0.15, 0.2) is 17.3 Å². The van der Waals surface area contributed by atoms with Crippen LogP contribution in [-0.4, -0.2) is 12.6 Å². The van der Waals surface area contributed by atoms with E-state index >= 15 is 0 Å². The van der Waals surface area contributed by atoms with E-state index in [0.29, 0.717) is 34.8 Å². The Labute approximate surface area is 131 Å². The second-order valence-corrected chi connectivity index (χ2v) is 5.62. The number of Topliss-reactive ketones (excluding diaryl/α,β-unsaturated/α-hetero) is 1. The van der Waals surface area contributed by atoms with Gasteiger partial charge in [0, 0.05) is 0 Å². The molecular formula is C18H12O5. The minimum Gasteiger partial charge on any atom is -0.484 e. The Morgan fingerprint density at radius 1 is 1.00 bits per heavy atom. The highest BCUT2D eigenvalue weighted by atomic mass is 16.7. The molecule has 1 aromatic heterocycles. The second-order valence-electron chi connectivity index (χ2n) is 5.62. The van der Waals surface area contributed by atoms with E-state index in [1.54, 1.807) is 18.4 Å². The largest absolute Gasteiger partial charge is 0.484 e. The van der Waals surface area contributed by atoms with E-state index < -0.39 is 0 Å². The van der Waals surface area contributed by atoms with Crippen LogP contribution in [0.2, 0.25) is 0 Å². The molecule has 5 rings (SSSR count). The zero-order valence-electron chi connectivity index (χ0n) is 12.1. The highest BCUT2D eigenvalue weighted by Gasteiger charge is 2.30. The van der Waals surface area contributed by atoms with E-state index in [0.717, 1.165) is 10.9 Å². The molecule has 0 fully saturated rings. The van der Waals surface area contributed by atoms with Gasteiger partial charge >= 0.3 is 0 Å². The first kappa shape index (κ1) is 12.6. The van der Waals surface area contributed by atoms with Gasteiger partial charge in [0.2, 0.25) is 6.79 Å². The van der Waals surface area contributed by atoms with Gasteiger partial charge in [0.25, 0.3) is 0 Å². The summed E-state index contributed by atoms with van der Waals surface area (Å²) in [5.74, 6) is 2.06. The van der Waals surface area contributed by atoms with E-state index in [4.69, 9.17) is 18.6 Å². The third-order valence-corrected chi connectivity index (χ3v) is 4.29. The number of carbonyl (C=O) groups is 1. The molecule has 5 nitrogen and oxygen atoms in total. The molecule has 2 aromatic carbocycles. The maximum Gasteiger partial charge on any atom is 0.231 e. The van der Waals surface area contributed by atoms with Crippen molar-refractivity contribution >= 4 is 16.8 Å². The number of fused-ring (bicyclic) bond motifs is 4. The second kappa shape index (κ2) is 4.52. The van der Waals surface area contributed by atoms with Gasteiger partial charge in [0.1, 0.15) is 17.4 Å². The fourth-order valence-electron chi connectivity index (χ4n) is 3.13. The lowest BCUT2D eigenvalue weighted by Gasteiger charge is -2.26. The van der Waals surface area contributed by atoms with Crippen LogP contribution in [0.3, 0.4) is 0 Å². The Bertz CT molecular complexity index is 940. The lowest BCUT2D eigenvalue weighted by Crippen LogP contribution is -2.20. The van der Waals surface area contributed by atoms with E-state index in [1.807, 2.05) is 24.3 Å². The van der Waals surface area contributed by atoms with Crippen LogP contribution in [0.4, 0.5) is 0 Å². The summed E-state index contributed by atoms with van der Waals surface area (Å²) in [4.78, 5) is 12.5. The molecule has 0 amide bonds. The van der Waals surface area contributed by atoms with Gasteiger partial charge in [-0.05, 0) is 35.9 Å². The van der Waals surface area contributed by atoms with Gasteiger partial charge in [-0.1, -0.05) is 6.07 Å². The first-order valence-corrected chi connectivity index (χ1v) is 7.39. The molecule has 1 unspecified atom stereocenters. The number of carbonyl (C=O) groups excluding carboxylic acids is 1. The Hall–Kier alpha value is -2.95. The molecule has 2 aliphatic heterocycles. The molecule has 0 N–H and O–H groups in total. The zero-order valence-corrected chi connectivity index (χ0v) is 12.1. The van der Waals surface area contributed by atoms with Gasteiger partial charge < -0.3 is 18.6 Å². The van der Waals surface area contributed by atoms with E-state index in [2.05, 4.69) is 0 Å². The fourth-order valence-corrected chi connectivity index (χ4v) is 3.13. The van der Waals surface area contributed by atoms with Crippen molar-refractivity contribution in [2.75, 3.05) is 6.79 Å². The lowest BCUT2D eigenvalue weighted by molar-refractivity contribution is 0.0853. The van der Waals surface area contributed by atoms with Crippen LogP contribution < -0.4 is 14.2 Å². The molecular weight excluding hydrogens is 296 g/mol. The van der Waals surface area contributed by atoms with Crippen molar-refractivity contribution in [1.29, 1.82) is 0 Å². The Balaban J connectivity index is 1.59. The van der Waals surface area contributed by atoms with Crippen molar-refractivity contribution in [2.24, 2.45) is 0 Å². The van der Waals surface area contributed by atoms with E-state index in [9.17, 15) is 4.79 Å². The molecule has 0 radical (unpaired) electrons. The summed E-state index contributed by atoms with van der Waals surface area (Å²) in [6.45, 7) is 0.224. The van der Waals surface area contributed by atoms with Crippen molar-refractivity contribution < 1.29 is 23.4 Å². The molecule has 1 atom stereocenters. The Kier molecular flexibility index (Phi) is 2.47. The highest BCUT2D eigenvalue weighted by molar-refractivity contribution is 6.05. The van der Waals surface area contributed by atoms with Crippen molar-refractivity contribution in [2.45, 2.75) is 12.5 Å². The topological polar surface area (TPSA) is 57.9 Å². The molecule has 0 saturated carbocycles. The van der Waals surface area contributed by atoms with Crippen LogP contribution >= 0.6 is 0 Å². The minimum absolute atomic E-state index is 0.0667. The maximum atomic E-state index is 12.5. The van der Waals surface area contributed by atoms with Gasteiger partial charge in [-0.2, -0.15) is 0 Å². The summed E-state index contributed by atoms with van der Waals surface area (Å²) in [5.41, 5.74) is 2.22. The van der Waals surface area contributed by atoms with Crippen LogP contribution in [0.1, 0.15) is 28.4 Å². The Morgan fingerprint density at radius 2 is 1.91 bits per heavy atom. The molecule has 2 aliphatic rings. The monoisotopic (exact) mass is 308 g/mol. The number of rotatable bonds is 1. The predicted molar refractivity (Wildman–Crippen MR) is 81.1 cm³/mol. The average molecular weight is 308 g/mol. The normalized spacial score (nSPS) is 18.8. The van der Waals surface area contributed by atoms with E-state index in [1.165, 1.54) is 0 Å². The van der Waals surface area contributed by atoms with E-state index in [-0.39, 0.29) is 18.7 Å². The number of benzene rings is 2. The molecule has 3 heterocycles. The fraction of sp³-hybridized carbons (Fsp3) is 0.167. The van der Waals surface area contributed by atoms with Crippen LogP contribution in [-0.2, 0) is 0 Å². The number of hydrogen-bond donors (Lipinski definition) is 0. The Morgan fingerprint density at radius 3 is 2.87 bits per heavy atom. The summed E-state index contributed by atoms with van der Waals surface area (Å²) >= 11 is 0. The molecule has 0 spiro atoms. The molecule has 5 heteroatoms. The third kappa shape index (κ3) is 1.83. The van der Waals surface area contributed by atoms with Crippen LogP contribution in [0.25, 0.3) is 11.0 Å². The summed E-state index contributed by atoms with van der Waals surface area (Å²) in [5, 5.41) is 0.821. The molecule has 23 heavy (non-hydrogen) atoms. The smallest absolute Gasteiger partial charge is 0.231 e. The SMILES string of the molecule is O=C1CC(c2ccc3c(c2)OCO3)Oc2c1ccc1occc21. The maximum absolute atomic E-state index is 12.5. The quantitative estimate of drug-likeness (QED) is 0.683. The number of hydrogen-bond acceptors (Lipinski definition) is 5. The summed E-state index contributed by atoms with van der Waals surface area (Å²) in [7, 11) is 0. The molecule has 0 aliphatic carbocycles. The lowest BCUT2D eigenvalue weighted by atomic mass is 9.95. The van der Waals surface area contributed by atoms with Gasteiger partial charge in [-0.3, -0.25) is 4.79 Å². The standard InChI is InChI=1S/C18H12O5/c19-13-8-16(10-1-3-15-17(7-10)22-9-21-15)23-18-11(13)2-4-14-12(18)5-6-20-14/h1-7,16H,8-9H2. The number of ether oxygens (including phenoxy) is 3. The van der Waals surface area contributed by atoms with Gasteiger partial charge in [-0.15, -0.1) is 0 Å². The van der Waals surface area contributed by atoms with Gasteiger partial charge in [0.05, 0.1) is 23.6 Å². The number of ketones is 1. The number of furan rings is 1. The summed E-state index contributed by atoms with van der Waals surface area (Å²) in [6, 6.07) is 11.0. The van der Waals surface area contributed by atoms with Crippen LogP contribution in [0.15, 0.2) is 47.1 Å². The third-order valence-electron chi connectivity index (χ3n) is 4.29. The van der Waals surface area contributed by atoms with Gasteiger partial charge in [-0.25, -0.2) is 0 Å². The van der Waals surface area contributed by atoms with Crippen molar-refractivity contribution in [3.8, 4) is 17.2 Å². The zero-order chi connectivity index (χ0) is 15.4. The first-order chi connectivity index (χ1) is 11.3. The van der Waals surface area contributed by atoms with Crippen molar-refractivity contribution in [3.63, 3.8) is 0 Å². The summed E-state index contributed by atoms with van der Waals surface area (Å²) < 4.78 is 22.3. The predicted octanol–water partition coefficient (Wildman–Crippen LogP) is 3.87. The minimum atomic E-state index is -0.343.